The van der Waals surface area contributed by atoms with E-state index in [0.29, 0.717) is 11.6 Å². The number of benzene rings is 1. The number of hydrogen-bond acceptors (Lipinski definition) is 2. The van der Waals surface area contributed by atoms with Gasteiger partial charge in [0.25, 0.3) is 0 Å². The van der Waals surface area contributed by atoms with Crippen molar-refractivity contribution in [3.8, 4) is 0 Å². The molecule has 2 aromatic rings. The van der Waals surface area contributed by atoms with Gasteiger partial charge in [0.2, 0.25) is 0 Å². The first-order chi connectivity index (χ1) is 7.61. The molecule has 84 valence electrons. The number of pyridine rings is 1. The smallest absolute Gasteiger partial charge is 0.0884 e. The summed E-state index contributed by atoms with van der Waals surface area (Å²) >= 11 is 9.68. The Morgan fingerprint density at radius 2 is 2.12 bits per heavy atom. The summed E-state index contributed by atoms with van der Waals surface area (Å²) in [5, 5.41) is 1.68. The zero-order chi connectivity index (χ0) is 11.7. The summed E-state index contributed by atoms with van der Waals surface area (Å²) in [6, 6.07) is 5.86. The van der Waals surface area contributed by atoms with Crippen molar-refractivity contribution < 1.29 is 4.74 Å². The second-order valence-corrected chi connectivity index (χ2v) is 4.97. The van der Waals surface area contributed by atoms with E-state index in [4.69, 9.17) is 16.3 Å². The van der Waals surface area contributed by atoms with Crippen molar-refractivity contribution in [2.24, 2.45) is 0 Å². The lowest BCUT2D eigenvalue weighted by atomic mass is 10.1. The number of fused-ring (bicyclic) bond motifs is 1. The maximum atomic E-state index is 6.23. The lowest BCUT2D eigenvalue weighted by Crippen LogP contribution is -1.94. The lowest BCUT2D eigenvalue weighted by Gasteiger charge is -2.07. The zero-order valence-electron chi connectivity index (χ0n) is 9.05. The third-order valence-electron chi connectivity index (χ3n) is 2.36. The van der Waals surface area contributed by atoms with Crippen LogP contribution in [0, 0.1) is 6.92 Å². The molecule has 0 spiro atoms. The molecule has 1 heterocycles. The van der Waals surface area contributed by atoms with Crippen LogP contribution in [-0.2, 0) is 11.3 Å². The molecule has 0 unspecified atom stereocenters. The number of methoxy groups -OCH3 is 1. The van der Waals surface area contributed by atoms with E-state index in [1.54, 1.807) is 7.11 Å². The molecule has 0 aliphatic carbocycles. The predicted octanol–water partition coefficient (Wildman–Crippen LogP) is 4.11. The Balaban J connectivity index is 2.71. The molecule has 0 bridgehead atoms. The van der Waals surface area contributed by atoms with Crippen molar-refractivity contribution in [3.05, 3.63) is 39.0 Å². The summed E-state index contributed by atoms with van der Waals surface area (Å²) in [6.45, 7) is 2.50. The van der Waals surface area contributed by atoms with Crippen molar-refractivity contribution in [3.63, 3.8) is 0 Å². The maximum absolute atomic E-state index is 6.23. The molecule has 2 rings (SSSR count). The molecular formula is C12H11BrClNO. The van der Waals surface area contributed by atoms with Crippen LogP contribution >= 0.6 is 27.5 Å². The van der Waals surface area contributed by atoms with Crippen molar-refractivity contribution in [1.82, 2.24) is 4.98 Å². The summed E-state index contributed by atoms with van der Waals surface area (Å²) in [7, 11) is 1.65. The Bertz CT molecular complexity index is 542. The van der Waals surface area contributed by atoms with Gasteiger partial charge in [-0.3, -0.25) is 0 Å². The second-order valence-electron chi connectivity index (χ2n) is 3.65. The van der Waals surface area contributed by atoms with Gasteiger partial charge in [0.05, 0.1) is 22.8 Å². The van der Waals surface area contributed by atoms with Crippen LogP contribution in [0.25, 0.3) is 10.9 Å². The van der Waals surface area contributed by atoms with E-state index in [9.17, 15) is 0 Å². The van der Waals surface area contributed by atoms with Crippen LogP contribution in [0.2, 0.25) is 5.02 Å². The minimum Gasteiger partial charge on any atom is -0.378 e. The largest absolute Gasteiger partial charge is 0.378 e. The van der Waals surface area contributed by atoms with E-state index in [0.717, 1.165) is 26.6 Å². The molecule has 0 amide bonds. The fraction of sp³-hybridized carbons (Fsp3) is 0.250. The van der Waals surface area contributed by atoms with E-state index < -0.39 is 0 Å². The molecule has 16 heavy (non-hydrogen) atoms. The van der Waals surface area contributed by atoms with Crippen molar-refractivity contribution in [1.29, 1.82) is 0 Å². The number of aryl methyl sites for hydroxylation is 1. The van der Waals surface area contributed by atoms with E-state index in [1.807, 2.05) is 25.1 Å². The van der Waals surface area contributed by atoms with Gasteiger partial charge in [0, 0.05) is 17.0 Å². The highest BCUT2D eigenvalue weighted by Gasteiger charge is 2.07. The van der Waals surface area contributed by atoms with Crippen LogP contribution in [0.5, 0.6) is 0 Å². The molecule has 1 aromatic heterocycles. The monoisotopic (exact) mass is 299 g/mol. The molecule has 0 fully saturated rings. The molecule has 2 nitrogen and oxygen atoms in total. The van der Waals surface area contributed by atoms with Gasteiger partial charge in [-0.1, -0.05) is 27.5 Å². The van der Waals surface area contributed by atoms with Gasteiger partial charge in [-0.25, -0.2) is 4.98 Å². The Morgan fingerprint density at radius 1 is 1.38 bits per heavy atom. The average Bonchev–Trinajstić information content (AvgIpc) is 2.20. The molecule has 0 saturated carbocycles. The van der Waals surface area contributed by atoms with Crippen LogP contribution in [0.3, 0.4) is 0 Å². The first kappa shape index (κ1) is 11.8. The molecular weight excluding hydrogens is 289 g/mol. The van der Waals surface area contributed by atoms with Gasteiger partial charge in [0.1, 0.15) is 0 Å². The van der Waals surface area contributed by atoms with Crippen molar-refractivity contribution in [2.45, 2.75) is 13.5 Å². The summed E-state index contributed by atoms with van der Waals surface area (Å²) in [5.41, 5.74) is 2.89. The molecule has 4 heteroatoms. The topological polar surface area (TPSA) is 22.1 Å². The summed E-state index contributed by atoms with van der Waals surface area (Å²) in [4.78, 5) is 4.54. The van der Waals surface area contributed by atoms with E-state index in [-0.39, 0.29) is 0 Å². The first-order valence-corrected chi connectivity index (χ1v) is 6.03. The summed E-state index contributed by atoms with van der Waals surface area (Å²) < 4.78 is 6.08. The van der Waals surface area contributed by atoms with Crippen LogP contribution in [-0.4, -0.2) is 12.1 Å². The van der Waals surface area contributed by atoms with E-state index >= 15 is 0 Å². The van der Waals surface area contributed by atoms with Crippen LogP contribution in [0.15, 0.2) is 22.7 Å². The number of nitrogens with zero attached hydrogens (tertiary/aromatic N) is 1. The van der Waals surface area contributed by atoms with Crippen LogP contribution < -0.4 is 0 Å². The van der Waals surface area contributed by atoms with E-state index in [1.165, 1.54) is 0 Å². The molecule has 0 aliphatic heterocycles. The highest BCUT2D eigenvalue weighted by atomic mass is 79.9. The molecule has 0 radical (unpaired) electrons. The Hall–Kier alpha value is -0.640. The quantitative estimate of drug-likeness (QED) is 0.833. The third kappa shape index (κ3) is 2.21. The lowest BCUT2D eigenvalue weighted by molar-refractivity contribution is 0.182. The Morgan fingerprint density at radius 3 is 2.81 bits per heavy atom. The number of hydrogen-bond donors (Lipinski definition) is 0. The standard InChI is InChI=1S/C12H11BrClNO/c1-7-3-8(13)4-10-11(14)5-9(6-16-2)15-12(7)10/h3-5H,6H2,1-2H3. The van der Waals surface area contributed by atoms with Gasteiger partial charge < -0.3 is 4.74 Å². The molecule has 1 aromatic carbocycles. The second kappa shape index (κ2) is 4.70. The number of rotatable bonds is 2. The fourth-order valence-corrected chi connectivity index (χ4v) is 2.53. The summed E-state index contributed by atoms with van der Waals surface area (Å²) in [5.74, 6) is 0. The maximum Gasteiger partial charge on any atom is 0.0884 e. The van der Waals surface area contributed by atoms with Gasteiger partial charge in [0.15, 0.2) is 0 Å². The number of aromatic nitrogens is 1. The minimum atomic E-state index is 0.477. The SMILES string of the molecule is COCc1cc(Cl)c2cc(Br)cc(C)c2n1. The highest BCUT2D eigenvalue weighted by Crippen LogP contribution is 2.29. The van der Waals surface area contributed by atoms with Gasteiger partial charge in [-0.2, -0.15) is 0 Å². The number of ether oxygens (including phenoxy) is 1. The van der Waals surface area contributed by atoms with Crippen LogP contribution in [0.1, 0.15) is 11.3 Å². The fourth-order valence-electron chi connectivity index (χ4n) is 1.69. The van der Waals surface area contributed by atoms with Gasteiger partial charge in [-0.15, -0.1) is 0 Å². The molecule has 0 aliphatic rings. The molecule has 0 N–H and O–H groups in total. The predicted molar refractivity (Wildman–Crippen MR) is 69.9 cm³/mol. The Labute approximate surface area is 108 Å². The summed E-state index contributed by atoms with van der Waals surface area (Å²) in [6.07, 6.45) is 0. The molecule has 0 atom stereocenters. The molecule has 0 saturated heterocycles. The average molecular weight is 301 g/mol. The van der Waals surface area contributed by atoms with E-state index in [2.05, 4.69) is 20.9 Å². The Kier molecular flexibility index (Phi) is 3.47. The van der Waals surface area contributed by atoms with Crippen molar-refractivity contribution >= 4 is 38.4 Å². The first-order valence-electron chi connectivity index (χ1n) is 4.86. The normalized spacial score (nSPS) is 11.0. The zero-order valence-corrected chi connectivity index (χ0v) is 11.4. The number of halogens is 2. The van der Waals surface area contributed by atoms with Crippen molar-refractivity contribution in [2.75, 3.05) is 7.11 Å². The van der Waals surface area contributed by atoms with Crippen LogP contribution in [0.4, 0.5) is 0 Å². The van der Waals surface area contributed by atoms with Gasteiger partial charge in [-0.05, 0) is 30.7 Å². The minimum absolute atomic E-state index is 0.477. The van der Waals surface area contributed by atoms with Gasteiger partial charge >= 0.3 is 0 Å². The third-order valence-corrected chi connectivity index (χ3v) is 3.13. The highest BCUT2D eigenvalue weighted by molar-refractivity contribution is 9.10.